The van der Waals surface area contributed by atoms with Crippen LogP contribution in [0.4, 0.5) is 5.69 Å². The number of hydrogen-bond acceptors (Lipinski definition) is 6. The van der Waals surface area contributed by atoms with Crippen LogP contribution in [0.1, 0.15) is 31.8 Å². The number of anilines is 1. The Morgan fingerprint density at radius 3 is 2.40 bits per heavy atom. The fraction of sp³-hybridized carbons (Fsp3) is 0.174. The van der Waals surface area contributed by atoms with Gasteiger partial charge in [0.25, 0.3) is 5.91 Å². The quantitative estimate of drug-likeness (QED) is 0.439. The molecule has 1 amide bonds. The number of carbonyl (C=O) groups is 3. The minimum atomic E-state index is -0.571. The Morgan fingerprint density at radius 2 is 1.73 bits per heavy atom. The summed E-state index contributed by atoms with van der Waals surface area (Å²) in [5.74, 6) is -0.495. The van der Waals surface area contributed by atoms with E-state index in [1.807, 2.05) is 31.2 Å². The highest BCUT2D eigenvalue weighted by Gasteiger charge is 2.17. The van der Waals surface area contributed by atoms with E-state index in [9.17, 15) is 14.4 Å². The number of hydrogen-bond donors (Lipinski definition) is 1. The summed E-state index contributed by atoms with van der Waals surface area (Å²) in [5, 5.41) is 2.61. The van der Waals surface area contributed by atoms with Crippen LogP contribution in [0.3, 0.4) is 0 Å². The van der Waals surface area contributed by atoms with Crippen LogP contribution < -0.4 is 10.1 Å². The molecule has 0 radical (unpaired) electrons. The van der Waals surface area contributed by atoms with Crippen LogP contribution in [0, 0.1) is 6.92 Å². The summed E-state index contributed by atoms with van der Waals surface area (Å²) in [6.45, 7) is 2.90. The van der Waals surface area contributed by atoms with Crippen molar-refractivity contribution in [1.29, 1.82) is 0 Å². The van der Waals surface area contributed by atoms with Gasteiger partial charge in [-0.25, -0.2) is 4.79 Å². The number of Topliss-reactive ketones (excluding diaryl/α,β-unsaturated/α-hetero) is 1. The molecule has 0 aliphatic rings. The number of para-hydroxylation sites is 1. The van der Waals surface area contributed by atoms with E-state index in [4.69, 9.17) is 9.47 Å². The average Bonchev–Trinajstić information content (AvgIpc) is 3.14. The van der Waals surface area contributed by atoms with Crippen LogP contribution in [0.15, 0.2) is 54.6 Å². The fourth-order valence-electron chi connectivity index (χ4n) is 2.93. The molecular weight excluding hydrogens is 402 g/mol. The van der Waals surface area contributed by atoms with Gasteiger partial charge in [0.2, 0.25) is 0 Å². The van der Waals surface area contributed by atoms with Crippen molar-refractivity contribution < 1.29 is 23.9 Å². The molecule has 1 heterocycles. The highest BCUT2D eigenvalue weighted by Crippen LogP contribution is 2.32. The highest BCUT2D eigenvalue weighted by atomic mass is 32.1. The highest BCUT2D eigenvalue weighted by molar-refractivity contribution is 7.14. The monoisotopic (exact) mass is 423 g/mol. The number of aryl methyl sites for hydroxylation is 1. The third-order valence-electron chi connectivity index (χ3n) is 4.43. The lowest BCUT2D eigenvalue weighted by Crippen LogP contribution is -2.21. The van der Waals surface area contributed by atoms with Gasteiger partial charge in [0.15, 0.2) is 12.4 Å². The maximum absolute atomic E-state index is 12.4. The molecule has 0 saturated carbocycles. The second-order valence-corrected chi connectivity index (χ2v) is 7.79. The number of esters is 1. The van der Waals surface area contributed by atoms with E-state index >= 15 is 0 Å². The molecule has 0 fully saturated rings. The molecule has 0 aliphatic carbocycles. The lowest BCUT2D eigenvalue weighted by atomic mass is 10.1. The molecule has 3 aromatic rings. The van der Waals surface area contributed by atoms with Gasteiger partial charge >= 0.3 is 5.97 Å². The van der Waals surface area contributed by atoms with Gasteiger partial charge in [-0.3, -0.25) is 9.59 Å². The number of thiophene rings is 1. The molecule has 7 heteroatoms. The Bertz CT molecular complexity index is 1090. The van der Waals surface area contributed by atoms with Crippen LogP contribution in [0.5, 0.6) is 5.75 Å². The van der Waals surface area contributed by atoms with Crippen LogP contribution in [-0.2, 0) is 9.53 Å². The zero-order chi connectivity index (χ0) is 21.7. The summed E-state index contributed by atoms with van der Waals surface area (Å²) in [4.78, 5) is 37.6. The zero-order valence-corrected chi connectivity index (χ0v) is 17.7. The number of ether oxygens (including phenoxy) is 2. The second kappa shape index (κ2) is 9.37. The number of benzene rings is 2. The molecule has 0 saturated heterocycles. The number of carbonyl (C=O) groups excluding carboxylic acids is 3. The van der Waals surface area contributed by atoms with Crippen LogP contribution in [0.25, 0.3) is 11.1 Å². The molecule has 30 heavy (non-hydrogen) atoms. The molecule has 154 valence electrons. The Kier molecular flexibility index (Phi) is 6.64. The van der Waals surface area contributed by atoms with Crippen molar-refractivity contribution in [3.05, 3.63) is 69.9 Å². The van der Waals surface area contributed by atoms with E-state index < -0.39 is 18.5 Å². The van der Waals surface area contributed by atoms with Crippen molar-refractivity contribution in [2.45, 2.75) is 13.8 Å². The van der Waals surface area contributed by atoms with Crippen LogP contribution in [-0.4, -0.2) is 31.4 Å². The Morgan fingerprint density at radius 1 is 1.03 bits per heavy atom. The Hall–Kier alpha value is -3.45. The summed E-state index contributed by atoms with van der Waals surface area (Å²) in [7, 11) is 1.60. The predicted molar refractivity (Wildman–Crippen MR) is 116 cm³/mol. The van der Waals surface area contributed by atoms with E-state index in [1.54, 1.807) is 37.4 Å². The lowest BCUT2D eigenvalue weighted by molar-refractivity contribution is -0.119. The smallest absolute Gasteiger partial charge is 0.348 e. The Labute approximate surface area is 178 Å². The topological polar surface area (TPSA) is 81.7 Å². The third-order valence-corrected chi connectivity index (χ3v) is 5.47. The van der Waals surface area contributed by atoms with Crippen LogP contribution >= 0.6 is 11.3 Å². The van der Waals surface area contributed by atoms with Gasteiger partial charge in [-0.15, -0.1) is 11.3 Å². The normalized spacial score (nSPS) is 10.4. The van der Waals surface area contributed by atoms with Crippen molar-refractivity contribution >= 4 is 34.7 Å². The Balaban J connectivity index is 1.64. The van der Waals surface area contributed by atoms with E-state index in [-0.39, 0.29) is 5.78 Å². The van der Waals surface area contributed by atoms with Crippen molar-refractivity contribution in [2.24, 2.45) is 0 Å². The van der Waals surface area contributed by atoms with Gasteiger partial charge in [-0.05, 0) is 55.3 Å². The van der Waals surface area contributed by atoms with E-state index in [0.717, 1.165) is 21.8 Å². The second-order valence-electron chi connectivity index (χ2n) is 6.54. The van der Waals surface area contributed by atoms with E-state index in [1.165, 1.54) is 18.3 Å². The molecular formula is C23H21NO5S. The van der Waals surface area contributed by atoms with Crippen LogP contribution in [0.2, 0.25) is 0 Å². The first-order valence-corrected chi connectivity index (χ1v) is 10.0. The summed E-state index contributed by atoms with van der Waals surface area (Å²) in [6.07, 6.45) is 0. The summed E-state index contributed by atoms with van der Waals surface area (Å²) >= 11 is 1.31. The third kappa shape index (κ3) is 4.93. The summed E-state index contributed by atoms with van der Waals surface area (Å²) in [5.41, 5.74) is 2.67. The van der Waals surface area contributed by atoms with Gasteiger partial charge in [-0.2, -0.15) is 0 Å². The molecule has 1 aromatic heterocycles. The average molecular weight is 423 g/mol. The number of amides is 1. The molecule has 0 atom stereocenters. The predicted octanol–water partition coefficient (Wildman–Crippen LogP) is 4.73. The fourth-order valence-corrected chi connectivity index (χ4v) is 3.86. The van der Waals surface area contributed by atoms with Crippen molar-refractivity contribution in [1.82, 2.24) is 0 Å². The first-order valence-electron chi connectivity index (χ1n) is 9.21. The van der Waals surface area contributed by atoms with Crippen molar-refractivity contribution in [3.63, 3.8) is 0 Å². The van der Waals surface area contributed by atoms with Gasteiger partial charge in [0, 0.05) is 10.4 Å². The first kappa shape index (κ1) is 21.3. The van der Waals surface area contributed by atoms with Crippen molar-refractivity contribution in [2.75, 3.05) is 19.0 Å². The van der Waals surface area contributed by atoms with Gasteiger partial charge < -0.3 is 14.8 Å². The SMILES string of the molecule is COc1ccc(-c2cc(C(=O)OCC(=O)Nc3ccccc3C(C)=O)sc2C)cc1. The number of nitrogens with one attached hydrogen (secondary N) is 1. The lowest BCUT2D eigenvalue weighted by Gasteiger charge is -2.09. The minimum Gasteiger partial charge on any atom is -0.497 e. The van der Waals surface area contributed by atoms with Gasteiger partial charge in [-0.1, -0.05) is 24.3 Å². The summed E-state index contributed by atoms with van der Waals surface area (Å²) < 4.78 is 10.3. The molecule has 1 N–H and O–H groups in total. The number of rotatable bonds is 7. The standard InChI is InChI=1S/C23H21NO5S/c1-14(25)18-6-4-5-7-20(18)24-22(26)13-29-23(27)21-12-19(15(2)30-21)16-8-10-17(28-3)11-9-16/h4-12H,13H2,1-3H3,(H,24,26). The van der Waals surface area contributed by atoms with Crippen molar-refractivity contribution in [3.8, 4) is 16.9 Å². The first-order chi connectivity index (χ1) is 14.4. The molecule has 0 aliphatic heterocycles. The van der Waals surface area contributed by atoms with E-state index in [0.29, 0.717) is 16.1 Å². The maximum Gasteiger partial charge on any atom is 0.348 e. The molecule has 0 bridgehead atoms. The summed E-state index contributed by atoms with van der Waals surface area (Å²) in [6, 6.07) is 16.0. The maximum atomic E-state index is 12.4. The number of methoxy groups -OCH3 is 1. The molecule has 3 rings (SSSR count). The molecule has 2 aromatic carbocycles. The largest absolute Gasteiger partial charge is 0.497 e. The van der Waals surface area contributed by atoms with E-state index in [2.05, 4.69) is 5.32 Å². The number of ketones is 1. The minimum absolute atomic E-state index is 0.164. The van der Waals surface area contributed by atoms with Gasteiger partial charge in [0.05, 0.1) is 12.8 Å². The molecule has 0 unspecified atom stereocenters. The zero-order valence-electron chi connectivity index (χ0n) is 16.9. The van der Waals surface area contributed by atoms with Gasteiger partial charge in [0.1, 0.15) is 10.6 Å². The molecule has 0 spiro atoms. The molecule has 6 nitrogen and oxygen atoms in total.